The zero-order valence-electron chi connectivity index (χ0n) is 16.9. The third kappa shape index (κ3) is 4.46. The molecule has 1 saturated heterocycles. The van der Waals surface area contributed by atoms with Gasteiger partial charge in [-0.25, -0.2) is 4.79 Å². The number of fused-ring (bicyclic) bond motifs is 3. The van der Waals surface area contributed by atoms with Gasteiger partial charge in [-0.05, 0) is 50.3 Å². The number of morpholine rings is 1. The van der Waals surface area contributed by atoms with Crippen LogP contribution in [0.4, 0.5) is 0 Å². The Hall–Kier alpha value is -2.38. The molecule has 1 aromatic heterocycles. The fourth-order valence-electron chi connectivity index (χ4n) is 4.15. The Morgan fingerprint density at radius 3 is 2.72 bits per heavy atom. The highest BCUT2D eigenvalue weighted by Gasteiger charge is 2.20. The first-order chi connectivity index (χ1) is 14.1. The molecule has 1 fully saturated rings. The van der Waals surface area contributed by atoms with Crippen LogP contribution >= 0.6 is 0 Å². The highest BCUT2D eigenvalue weighted by Crippen LogP contribution is 2.32. The summed E-state index contributed by atoms with van der Waals surface area (Å²) in [4.78, 5) is 26.8. The van der Waals surface area contributed by atoms with Gasteiger partial charge in [0.15, 0.2) is 6.61 Å². The summed E-state index contributed by atoms with van der Waals surface area (Å²) in [5, 5.41) is 3.87. The van der Waals surface area contributed by atoms with Gasteiger partial charge in [0.25, 0.3) is 5.91 Å². The van der Waals surface area contributed by atoms with Gasteiger partial charge in [-0.15, -0.1) is 0 Å². The molecular formula is C22H28N2O5. The van der Waals surface area contributed by atoms with Crippen molar-refractivity contribution in [2.75, 3.05) is 46.0 Å². The number of hydrogen-bond donors (Lipinski definition) is 1. The van der Waals surface area contributed by atoms with Crippen LogP contribution in [0.5, 0.6) is 5.75 Å². The SMILES string of the molecule is Cc1c(OCC(=O)NCCN2CCOCC2)ccc2c3c(c(=O)oc12)CCCC3. The van der Waals surface area contributed by atoms with Crippen molar-refractivity contribution < 1.29 is 18.7 Å². The molecule has 1 aromatic carbocycles. The van der Waals surface area contributed by atoms with Crippen molar-refractivity contribution >= 4 is 16.9 Å². The summed E-state index contributed by atoms with van der Waals surface area (Å²) in [7, 11) is 0. The van der Waals surface area contributed by atoms with Gasteiger partial charge >= 0.3 is 5.63 Å². The lowest BCUT2D eigenvalue weighted by molar-refractivity contribution is -0.123. The number of ether oxygens (including phenoxy) is 2. The van der Waals surface area contributed by atoms with Crippen LogP contribution in [-0.2, 0) is 22.4 Å². The number of nitrogens with one attached hydrogen (secondary N) is 1. The molecule has 4 rings (SSSR count). The van der Waals surface area contributed by atoms with E-state index in [-0.39, 0.29) is 18.1 Å². The van der Waals surface area contributed by atoms with Gasteiger partial charge in [0, 0.05) is 42.7 Å². The van der Waals surface area contributed by atoms with Crippen molar-refractivity contribution in [3.63, 3.8) is 0 Å². The predicted molar refractivity (Wildman–Crippen MR) is 110 cm³/mol. The molecule has 0 atom stereocenters. The van der Waals surface area contributed by atoms with Crippen LogP contribution in [0.25, 0.3) is 11.0 Å². The molecule has 1 aliphatic carbocycles. The molecule has 0 radical (unpaired) electrons. The van der Waals surface area contributed by atoms with E-state index >= 15 is 0 Å². The van der Waals surface area contributed by atoms with E-state index in [1.54, 1.807) is 0 Å². The van der Waals surface area contributed by atoms with Crippen LogP contribution in [0.15, 0.2) is 21.3 Å². The third-order valence-corrected chi connectivity index (χ3v) is 5.80. The molecule has 0 bridgehead atoms. The summed E-state index contributed by atoms with van der Waals surface area (Å²) in [6, 6.07) is 3.81. The number of amides is 1. The largest absolute Gasteiger partial charge is 0.483 e. The lowest BCUT2D eigenvalue weighted by atomic mass is 9.90. The van der Waals surface area contributed by atoms with E-state index in [1.807, 2.05) is 19.1 Å². The van der Waals surface area contributed by atoms with Crippen LogP contribution in [0.1, 0.15) is 29.5 Å². The summed E-state index contributed by atoms with van der Waals surface area (Å²) in [6.07, 6.45) is 3.82. The van der Waals surface area contributed by atoms with E-state index in [4.69, 9.17) is 13.9 Å². The van der Waals surface area contributed by atoms with E-state index in [0.29, 0.717) is 17.9 Å². The maximum atomic E-state index is 12.4. The van der Waals surface area contributed by atoms with E-state index in [9.17, 15) is 9.59 Å². The lowest BCUT2D eigenvalue weighted by Crippen LogP contribution is -2.42. The van der Waals surface area contributed by atoms with Gasteiger partial charge in [-0.2, -0.15) is 0 Å². The summed E-state index contributed by atoms with van der Waals surface area (Å²) in [5.41, 5.74) is 3.01. The summed E-state index contributed by atoms with van der Waals surface area (Å²) < 4.78 is 16.7. The monoisotopic (exact) mass is 400 g/mol. The molecule has 1 N–H and O–H groups in total. The lowest BCUT2D eigenvalue weighted by Gasteiger charge is -2.26. The molecular weight excluding hydrogens is 372 g/mol. The molecule has 7 heteroatoms. The number of carbonyl (C=O) groups excluding carboxylic acids is 1. The minimum Gasteiger partial charge on any atom is -0.483 e. The number of carbonyl (C=O) groups is 1. The molecule has 7 nitrogen and oxygen atoms in total. The maximum absolute atomic E-state index is 12.4. The number of hydrogen-bond acceptors (Lipinski definition) is 6. The number of nitrogens with zero attached hydrogens (tertiary/aromatic N) is 1. The van der Waals surface area contributed by atoms with E-state index in [1.165, 1.54) is 0 Å². The second-order valence-electron chi connectivity index (χ2n) is 7.71. The van der Waals surface area contributed by atoms with E-state index < -0.39 is 0 Å². The summed E-state index contributed by atoms with van der Waals surface area (Å²) >= 11 is 0. The van der Waals surface area contributed by atoms with Crippen LogP contribution in [0.2, 0.25) is 0 Å². The van der Waals surface area contributed by atoms with Gasteiger partial charge in [0.05, 0.1) is 13.2 Å². The van der Waals surface area contributed by atoms with Crippen LogP contribution in [0, 0.1) is 6.92 Å². The van der Waals surface area contributed by atoms with E-state index in [2.05, 4.69) is 10.2 Å². The zero-order valence-corrected chi connectivity index (χ0v) is 16.9. The molecule has 1 amide bonds. The second kappa shape index (κ2) is 8.97. The van der Waals surface area contributed by atoms with Crippen molar-refractivity contribution in [1.82, 2.24) is 10.2 Å². The topological polar surface area (TPSA) is 81.0 Å². The Balaban J connectivity index is 1.38. The first-order valence-electron chi connectivity index (χ1n) is 10.4. The molecule has 0 saturated carbocycles. The Kier molecular flexibility index (Phi) is 6.16. The van der Waals surface area contributed by atoms with Crippen LogP contribution < -0.4 is 15.7 Å². The molecule has 2 aromatic rings. The Labute approximate surface area is 170 Å². The van der Waals surface area contributed by atoms with Gasteiger partial charge in [-0.1, -0.05) is 0 Å². The van der Waals surface area contributed by atoms with Gasteiger partial charge in [0.2, 0.25) is 0 Å². The number of aryl methyl sites for hydroxylation is 2. The van der Waals surface area contributed by atoms with Crippen molar-refractivity contribution in [1.29, 1.82) is 0 Å². The minimum absolute atomic E-state index is 0.0649. The van der Waals surface area contributed by atoms with Crippen molar-refractivity contribution in [3.8, 4) is 5.75 Å². The molecule has 2 aliphatic rings. The Bertz CT molecular complexity index is 946. The first kappa shape index (κ1) is 19.9. The average Bonchev–Trinajstić information content (AvgIpc) is 2.75. The van der Waals surface area contributed by atoms with Gasteiger partial charge < -0.3 is 19.2 Å². The fourth-order valence-corrected chi connectivity index (χ4v) is 4.15. The number of benzene rings is 1. The van der Waals surface area contributed by atoms with Gasteiger partial charge in [-0.3, -0.25) is 9.69 Å². The Morgan fingerprint density at radius 2 is 1.93 bits per heavy atom. The quantitative estimate of drug-likeness (QED) is 0.745. The fraction of sp³-hybridized carbons (Fsp3) is 0.545. The molecule has 29 heavy (non-hydrogen) atoms. The summed E-state index contributed by atoms with van der Waals surface area (Å²) in [6.45, 7) is 6.49. The zero-order chi connectivity index (χ0) is 20.2. The average molecular weight is 400 g/mol. The van der Waals surface area contributed by atoms with Crippen LogP contribution in [-0.4, -0.2) is 56.8 Å². The normalized spacial score (nSPS) is 17.1. The van der Waals surface area contributed by atoms with Crippen molar-refractivity contribution in [3.05, 3.63) is 39.2 Å². The molecule has 156 valence electrons. The molecule has 1 aliphatic heterocycles. The van der Waals surface area contributed by atoms with E-state index in [0.717, 1.165) is 80.6 Å². The molecule has 0 unspecified atom stereocenters. The first-order valence-corrected chi connectivity index (χ1v) is 10.4. The van der Waals surface area contributed by atoms with Gasteiger partial charge in [0.1, 0.15) is 11.3 Å². The predicted octanol–water partition coefficient (Wildman–Crippen LogP) is 1.81. The molecule has 0 spiro atoms. The standard InChI is InChI=1S/C22H28N2O5/c1-15-19(28-14-20(25)23-8-9-24-10-12-27-13-11-24)7-6-17-16-4-2-3-5-18(16)22(26)29-21(15)17/h6-7H,2-5,8-14H2,1H3,(H,23,25). The van der Waals surface area contributed by atoms with Crippen molar-refractivity contribution in [2.24, 2.45) is 0 Å². The minimum atomic E-state index is -0.242. The Morgan fingerprint density at radius 1 is 1.17 bits per heavy atom. The van der Waals surface area contributed by atoms with Crippen LogP contribution in [0.3, 0.4) is 0 Å². The number of rotatable bonds is 6. The summed E-state index contributed by atoms with van der Waals surface area (Å²) in [5.74, 6) is 0.407. The third-order valence-electron chi connectivity index (χ3n) is 5.80. The smallest absolute Gasteiger partial charge is 0.339 e. The second-order valence-corrected chi connectivity index (χ2v) is 7.71. The molecule has 2 heterocycles. The maximum Gasteiger partial charge on any atom is 0.339 e. The highest BCUT2D eigenvalue weighted by molar-refractivity contribution is 5.86. The van der Waals surface area contributed by atoms with Crippen molar-refractivity contribution in [2.45, 2.75) is 32.6 Å². The highest BCUT2D eigenvalue weighted by atomic mass is 16.5.